The van der Waals surface area contributed by atoms with Gasteiger partial charge in [-0.3, -0.25) is 10.1 Å². The average molecular weight is 341 g/mol. The molecule has 128 valence electrons. The minimum Gasteiger partial charge on any atom is -0.354 e. The van der Waals surface area contributed by atoms with Gasteiger partial charge < -0.3 is 10.6 Å². The van der Waals surface area contributed by atoms with Crippen molar-refractivity contribution >= 4 is 23.1 Å². The van der Waals surface area contributed by atoms with E-state index < -0.39 is 16.8 Å². The number of anilines is 3. The molecular formula is C14H14F3N5O2. The summed E-state index contributed by atoms with van der Waals surface area (Å²) in [7, 11) is 0. The first-order valence-electron chi connectivity index (χ1n) is 6.93. The van der Waals surface area contributed by atoms with Crippen LogP contribution in [0.3, 0.4) is 0 Å². The summed E-state index contributed by atoms with van der Waals surface area (Å²) >= 11 is 0. The Bertz CT molecular complexity index is 765. The maximum Gasteiger partial charge on any atom is 0.433 e. The highest BCUT2D eigenvalue weighted by molar-refractivity contribution is 5.66. The second-order valence-electron chi connectivity index (χ2n) is 4.82. The van der Waals surface area contributed by atoms with Crippen molar-refractivity contribution in [3.63, 3.8) is 0 Å². The molecule has 0 amide bonds. The summed E-state index contributed by atoms with van der Waals surface area (Å²) in [4.78, 5) is 17.7. The van der Waals surface area contributed by atoms with Crippen LogP contribution in [0.2, 0.25) is 0 Å². The average Bonchev–Trinajstić information content (AvgIpc) is 2.48. The minimum atomic E-state index is -4.64. The predicted octanol–water partition coefficient (Wildman–Crippen LogP) is 3.89. The van der Waals surface area contributed by atoms with E-state index in [0.29, 0.717) is 17.8 Å². The Kier molecular flexibility index (Phi) is 4.86. The van der Waals surface area contributed by atoms with Gasteiger partial charge in [-0.2, -0.15) is 18.2 Å². The molecule has 24 heavy (non-hydrogen) atoms. The van der Waals surface area contributed by atoms with Gasteiger partial charge >= 0.3 is 6.18 Å². The molecule has 0 unspecified atom stereocenters. The molecule has 2 aromatic rings. The van der Waals surface area contributed by atoms with Crippen molar-refractivity contribution in [3.05, 3.63) is 45.6 Å². The van der Waals surface area contributed by atoms with Gasteiger partial charge in [-0.15, -0.1) is 0 Å². The molecule has 0 aliphatic heterocycles. The zero-order valence-corrected chi connectivity index (χ0v) is 12.8. The van der Waals surface area contributed by atoms with Crippen molar-refractivity contribution in [1.82, 2.24) is 9.97 Å². The molecule has 0 radical (unpaired) electrons. The Labute approximate surface area is 135 Å². The van der Waals surface area contributed by atoms with Crippen LogP contribution in [-0.4, -0.2) is 21.4 Å². The number of hydrogen-bond acceptors (Lipinski definition) is 6. The Balaban J connectivity index is 2.44. The zero-order chi connectivity index (χ0) is 17.9. The molecular weight excluding hydrogens is 327 g/mol. The third-order valence-corrected chi connectivity index (χ3v) is 3.12. The van der Waals surface area contributed by atoms with Crippen LogP contribution >= 0.6 is 0 Å². The fraction of sp³-hybridized carbons (Fsp3) is 0.286. The van der Waals surface area contributed by atoms with Crippen LogP contribution in [0.15, 0.2) is 24.3 Å². The SMILES string of the molecule is CCNc1nc(Nc2cccc([N+](=O)[O-])c2C)cc(C(F)(F)F)n1. The Hall–Kier alpha value is -2.91. The highest BCUT2D eigenvalue weighted by Crippen LogP contribution is 2.32. The van der Waals surface area contributed by atoms with Crippen molar-refractivity contribution in [2.24, 2.45) is 0 Å². The lowest BCUT2D eigenvalue weighted by Crippen LogP contribution is -2.13. The Morgan fingerprint density at radius 3 is 2.58 bits per heavy atom. The van der Waals surface area contributed by atoms with E-state index in [1.165, 1.54) is 25.1 Å². The van der Waals surface area contributed by atoms with Gasteiger partial charge in [-0.1, -0.05) is 6.07 Å². The summed E-state index contributed by atoms with van der Waals surface area (Å²) in [5.41, 5.74) is -0.672. The van der Waals surface area contributed by atoms with Crippen LogP contribution in [0.25, 0.3) is 0 Å². The lowest BCUT2D eigenvalue weighted by Gasteiger charge is -2.13. The lowest BCUT2D eigenvalue weighted by atomic mass is 10.1. The van der Waals surface area contributed by atoms with E-state index in [0.717, 1.165) is 6.07 Å². The van der Waals surface area contributed by atoms with Gasteiger partial charge in [0.05, 0.1) is 10.5 Å². The van der Waals surface area contributed by atoms with Crippen molar-refractivity contribution in [2.45, 2.75) is 20.0 Å². The normalized spacial score (nSPS) is 11.2. The van der Waals surface area contributed by atoms with Crippen molar-refractivity contribution < 1.29 is 18.1 Å². The van der Waals surface area contributed by atoms with Crippen LogP contribution in [-0.2, 0) is 6.18 Å². The van der Waals surface area contributed by atoms with E-state index in [1.807, 2.05) is 0 Å². The summed E-state index contributed by atoms with van der Waals surface area (Å²) in [6, 6.07) is 5.01. The van der Waals surface area contributed by atoms with Gasteiger partial charge in [-0.05, 0) is 19.9 Å². The molecule has 0 spiro atoms. The summed E-state index contributed by atoms with van der Waals surface area (Å²) < 4.78 is 38.8. The zero-order valence-electron chi connectivity index (χ0n) is 12.8. The quantitative estimate of drug-likeness (QED) is 0.633. The number of halogens is 3. The van der Waals surface area contributed by atoms with E-state index in [4.69, 9.17) is 0 Å². The number of rotatable bonds is 5. The smallest absolute Gasteiger partial charge is 0.354 e. The van der Waals surface area contributed by atoms with Crippen LogP contribution in [0, 0.1) is 17.0 Å². The number of hydrogen-bond donors (Lipinski definition) is 2. The number of alkyl halides is 3. The van der Waals surface area contributed by atoms with Crippen LogP contribution in [0.5, 0.6) is 0 Å². The summed E-state index contributed by atoms with van der Waals surface area (Å²) in [6.07, 6.45) is -4.64. The number of nitrogens with one attached hydrogen (secondary N) is 2. The maximum atomic E-state index is 12.9. The fourth-order valence-corrected chi connectivity index (χ4v) is 1.99. The number of nitro groups is 1. The van der Waals surface area contributed by atoms with Gasteiger partial charge in [0.25, 0.3) is 5.69 Å². The van der Waals surface area contributed by atoms with Gasteiger partial charge in [0, 0.05) is 24.4 Å². The molecule has 0 aliphatic rings. The largest absolute Gasteiger partial charge is 0.433 e. The van der Waals surface area contributed by atoms with Crippen molar-refractivity contribution in [1.29, 1.82) is 0 Å². The third kappa shape index (κ3) is 3.89. The highest BCUT2D eigenvalue weighted by Gasteiger charge is 2.33. The van der Waals surface area contributed by atoms with Gasteiger partial charge in [-0.25, -0.2) is 4.98 Å². The van der Waals surface area contributed by atoms with Crippen LogP contribution < -0.4 is 10.6 Å². The molecule has 1 aromatic heterocycles. The molecule has 0 saturated carbocycles. The molecule has 0 atom stereocenters. The van der Waals surface area contributed by atoms with E-state index >= 15 is 0 Å². The lowest BCUT2D eigenvalue weighted by molar-refractivity contribution is -0.385. The van der Waals surface area contributed by atoms with Gasteiger partial charge in [0.1, 0.15) is 5.82 Å². The van der Waals surface area contributed by atoms with Crippen LogP contribution in [0.1, 0.15) is 18.2 Å². The fourth-order valence-electron chi connectivity index (χ4n) is 1.99. The van der Waals surface area contributed by atoms with E-state index in [1.54, 1.807) is 6.92 Å². The molecule has 1 heterocycles. The highest BCUT2D eigenvalue weighted by atomic mass is 19.4. The Morgan fingerprint density at radius 1 is 1.29 bits per heavy atom. The van der Waals surface area contributed by atoms with E-state index in [9.17, 15) is 23.3 Å². The standard InChI is InChI=1S/C14H14F3N5O2/c1-3-18-13-20-11(14(15,16)17)7-12(21-13)19-9-5-4-6-10(8(9)2)22(23)24/h4-7H,3H2,1-2H3,(H2,18,19,20,21). The molecule has 0 saturated heterocycles. The number of benzene rings is 1. The third-order valence-electron chi connectivity index (χ3n) is 3.12. The number of aromatic nitrogens is 2. The monoisotopic (exact) mass is 341 g/mol. The minimum absolute atomic E-state index is 0.114. The number of nitrogens with zero attached hydrogens (tertiary/aromatic N) is 3. The van der Waals surface area contributed by atoms with Crippen molar-refractivity contribution in [2.75, 3.05) is 17.2 Å². The van der Waals surface area contributed by atoms with E-state index in [2.05, 4.69) is 20.6 Å². The van der Waals surface area contributed by atoms with Crippen molar-refractivity contribution in [3.8, 4) is 0 Å². The van der Waals surface area contributed by atoms with Gasteiger partial charge in [0.2, 0.25) is 5.95 Å². The maximum absolute atomic E-state index is 12.9. The number of nitro benzene ring substituents is 1. The first kappa shape index (κ1) is 17.4. The molecule has 0 fully saturated rings. The Morgan fingerprint density at radius 2 is 2.00 bits per heavy atom. The molecule has 10 heteroatoms. The molecule has 1 aromatic carbocycles. The van der Waals surface area contributed by atoms with Gasteiger partial charge in [0.15, 0.2) is 5.69 Å². The summed E-state index contributed by atoms with van der Waals surface area (Å²) in [5, 5.41) is 16.2. The topological polar surface area (TPSA) is 93.0 Å². The second-order valence-corrected chi connectivity index (χ2v) is 4.82. The first-order valence-corrected chi connectivity index (χ1v) is 6.93. The molecule has 0 aliphatic carbocycles. The molecule has 7 nitrogen and oxygen atoms in total. The second kappa shape index (κ2) is 6.69. The molecule has 2 rings (SSSR count). The van der Waals surface area contributed by atoms with E-state index in [-0.39, 0.29) is 17.5 Å². The van der Waals surface area contributed by atoms with Crippen LogP contribution in [0.4, 0.5) is 36.3 Å². The molecule has 2 N–H and O–H groups in total. The summed E-state index contributed by atoms with van der Waals surface area (Å²) in [5.74, 6) is -0.296. The predicted molar refractivity (Wildman–Crippen MR) is 82.3 cm³/mol. The first-order chi connectivity index (χ1) is 11.2. The molecule has 0 bridgehead atoms. The summed E-state index contributed by atoms with van der Waals surface area (Å²) in [6.45, 7) is 3.54.